The maximum Gasteiger partial charge on any atom is 0.192 e. The quantitative estimate of drug-likeness (QED) is 0.876. The van der Waals surface area contributed by atoms with E-state index in [1.165, 1.54) is 6.07 Å². The average Bonchev–Trinajstić information content (AvgIpc) is 2.40. The predicted molar refractivity (Wildman–Crippen MR) is 83.8 cm³/mol. The van der Waals surface area contributed by atoms with Crippen molar-refractivity contribution in [2.45, 2.75) is 13.8 Å². The van der Waals surface area contributed by atoms with Gasteiger partial charge in [-0.2, -0.15) is 0 Å². The third kappa shape index (κ3) is 2.72. The zero-order valence-electron chi connectivity index (χ0n) is 11.4. The van der Waals surface area contributed by atoms with Gasteiger partial charge in [-0.3, -0.25) is 4.79 Å². The summed E-state index contributed by atoms with van der Waals surface area (Å²) in [5, 5.41) is 0. The van der Waals surface area contributed by atoms with Crippen molar-refractivity contribution in [3.05, 3.63) is 58.0 Å². The van der Waals surface area contributed by atoms with Crippen LogP contribution in [0.5, 0.6) is 5.75 Å². The third-order valence-electron chi connectivity index (χ3n) is 2.93. The normalized spacial score (nSPS) is 10.3. The lowest BCUT2D eigenvalue weighted by Crippen LogP contribution is -2.23. The van der Waals surface area contributed by atoms with Gasteiger partial charge in [0.2, 0.25) is 0 Å². The highest BCUT2D eigenvalue weighted by Crippen LogP contribution is 2.23. The Morgan fingerprint density at radius 3 is 2.75 bits per heavy atom. The van der Waals surface area contributed by atoms with Gasteiger partial charge in [0, 0.05) is 18.0 Å². The molecular formula is C15H16N2O2S. The van der Waals surface area contributed by atoms with Crippen LogP contribution in [0.15, 0.2) is 41.3 Å². The first-order valence-electron chi connectivity index (χ1n) is 6.30. The van der Waals surface area contributed by atoms with Crippen LogP contribution in [-0.2, 0) is 0 Å². The molecule has 1 aromatic carbocycles. The van der Waals surface area contributed by atoms with Gasteiger partial charge in [-0.05, 0) is 26.0 Å². The van der Waals surface area contributed by atoms with E-state index in [0.29, 0.717) is 12.2 Å². The summed E-state index contributed by atoms with van der Waals surface area (Å²) in [6.07, 6.45) is 1.66. The number of aromatic nitrogens is 1. The number of hydrogen-bond donors (Lipinski definition) is 1. The van der Waals surface area contributed by atoms with E-state index in [0.717, 1.165) is 17.1 Å². The van der Waals surface area contributed by atoms with Crippen molar-refractivity contribution in [1.82, 2.24) is 4.57 Å². The van der Waals surface area contributed by atoms with Crippen LogP contribution in [0.4, 0.5) is 0 Å². The van der Waals surface area contributed by atoms with E-state index in [1.54, 1.807) is 6.20 Å². The van der Waals surface area contributed by atoms with Crippen LogP contribution in [0.2, 0.25) is 0 Å². The average molecular weight is 288 g/mol. The maximum atomic E-state index is 11.9. The molecular weight excluding hydrogens is 272 g/mol. The van der Waals surface area contributed by atoms with Crippen molar-refractivity contribution in [2.75, 3.05) is 6.61 Å². The van der Waals surface area contributed by atoms with Gasteiger partial charge in [0.25, 0.3) is 0 Å². The molecule has 0 amide bonds. The Hall–Kier alpha value is -2.14. The topological polar surface area (TPSA) is 57.2 Å². The Morgan fingerprint density at radius 2 is 2.10 bits per heavy atom. The fourth-order valence-electron chi connectivity index (χ4n) is 2.01. The molecule has 20 heavy (non-hydrogen) atoms. The molecule has 0 aliphatic carbocycles. The highest BCUT2D eigenvalue weighted by molar-refractivity contribution is 7.80. The van der Waals surface area contributed by atoms with Crippen molar-refractivity contribution in [3.63, 3.8) is 0 Å². The third-order valence-corrected chi connectivity index (χ3v) is 3.15. The summed E-state index contributed by atoms with van der Waals surface area (Å²) in [5.74, 6) is 0.746. The standard InChI is InChI=1S/C15H16N2O2S/c1-3-19-14-7-5-4-6-12(14)17-9-11(15(16)20)13(18)8-10(17)2/h4-9H,3H2,1-2H3,(H2,16,20). The molecule has 0 spiro atoms. The zero-order chi connectivity index (χ0) is 14.7. The Balaban J connectivity index is 2.67. The van der Waals surface area contributed by atoms with Crippen LogP contribution in [0.3, 0.4) is 0 Å². The number of para-hydroxylation sites is 2. The van der Waals surface area contributed by atoms with Crippen LogP contribution in [0.25, 0.3) is 5.69 Å². The zero-order valence-corrected chi connectivity index (χ0v) is 12.2. The van der Waals surface area contributed by atoms with Crippen molar-refractivity contribution >= 4 is 17.2 Å². The van der Waals surface area contributed by atoms with Crippen LogP contribution in [0, 0.1) is 6.92 Å². The van der Waals surface area contributed by atoms with E-state index >= 15 is 0 Å². The fraction of sp³-hybridized carbons (Fsp3) is 0.200. The van der Waals surface area contributed by atoms with E-state index in [-0.39, 0.29) is 10.4 Å². The molecule has 0 bridgehead atoms. The van der Waals surface area contributed by atoms with Crippen LogP contribution < -0.4 is 15.9 Å². The number of nitrogens with two attached hydrogens (primary N) is 1. The molecule has 0 saturated heterocycles. The number of ether oxygens (including phenoxy) is 1. The van der Waals surface area contributed by atoms with Crippen molar-refractivity contribution < 1.29 is 4.74 Å². The van der Waals surface area contributed by atoms with Crippen molar-refractivity contribution in [2.24, 2.45) is 5.73 Å². The number of rotatable bonds is 4. The SMILES string of the molecule is CCOc1ccccc1-n1cc(C(N)=S)c(=O)cc1C. The summed E-state index contributed by atoms with van der Waals surface area (Å²) in [7, 11) is 0. The molecule has 0 fully saturated rings. The lowest BCUT2D eigenvalue weighted by atomic mass is 10.2. The van der Waals surface area contributed by atoms with Gasteiger partial charge in [-0.15, -0.1) is 0 Å². The summed E-state index contributed by atoms with van der Waals surface area (Å²) >= 11 is 4.92. The smallest absolute Gasteiger partial charge is 0.192 e. The lowest BCUT2D eigenvalue weighted by Gasteiger charge is -2.16. The molecule has 2 rings (SSSR count). The van der Waals surface area contributed by atoms with Gasteiger partial charge in [0.15, 0.2) is 5.43 Å². The number of pyridine rings is 1. The van der Waals surface area contributed by atoms with Gasteiger partial charge in [-0.1, -0.05) is 24.4 Å². The number of aryl methyl sites for hydroxylation is 1. The molecule has 104 valence electrons. The predicted octanol–water partition coefficient (Wildman–Crippen LogP) is 2.18. The molecule has 0 saturated carbocycles. The molecule has 1 heterocycles. The molecule has 0 radical (unpaired) electrons. The van der Waals surface area contributed by atoms with Crippen molar-refractivity contribution in [1.29, 1.82) is 0 Å². The lowest BCUT2D eigenvalue weighted by molar-refractivity contribution is 0.339. The second kappa shape index (κ2) is 5.88. The minimum Gasteiger partial charge on any atom is -0.492 e. The molecule has 5 heteroatoms. The first-order valence-corrected chi connectivity index (χ1v) is 6.70. The Labute approximate surface area is 122 Å². The molecule has 2 N–H and O–H groups in total. The monoisotopic (exact) mass is 288 g/mol. The first-order chi connectivity index (χ1) is 9.54. The second-order valence-corrected chi connectivity index (χ2v) is 4.77. The number of hydrogen-bond acceptors (Lipinski definition) is 3. The summed E-state index contributed by atoms with van der Waals surface area (Å²) in [4.78, 5) is 12.0. The van der Waals surface area contributed by atoms with Crippen LogP contribution >= 0.6 is 12.2 Å². The molecule has 1 aromatic heterocycles. The fourth-order valence-corrected chi connectivity index (χ4v) is 2.16. The van der Waals surface area contributed by atoms with E-state index in [1.807, 2.05) is 42.7 Å². The number of nitrogens with zero attached hydrogens (tertiary/aromatic N) is 1. The van der Waals surface area contributed by atoms with E-state index in [9.17, 15) is 4.79 Å². The molecule has 0 unspecified atom stereocenters. The highest BCUT2D eigenvalue weighted by atomic mass is 32.1. The van der Waals surface area contributed by atoms with Crippen LogP contribution in [-0.4, -0.2) is 16.2 Å². The Morgan fingerprint density at radius 1 is 1.40 bits per heavy atom. The summed E-state index contributed by atoms with van der Waals surface area (Å²) < 4.78 is 7.48. The van der Waals surface area contributed by atoms with Gasteiger partial charge in [0.1, 0.15) is 10.7 Å². The van der Waals surface area contributed by atoms with E-state index in [4.69, 9.17) is 22.7 Å². The first kappa shape index (κ1) is 14.3. The largest absolute Gasteiger partial charge is 0.492 e. The van der Waals surface area contributed by atoms with E-state index < -0.39 is 0 Å². The van der Waals surface area contributed by atoms with Gasteiger partial charge >= 0.3 is 0 Å². The van der Waals surface area contributed by atoms with Gasteiger partial charge < -0.3 is 15.0 Å². The van der Waals surface area contributed by atoms with Crippen molar-refractivity contribution in [3.8, 4) is 11.4 Å². The summed E-state index contributed by atoms with van der Waals surface area (Å²) in [5.41, 5.74) is 7.40. The Kier molecular flexibility index (Phi) is 4.20. The summed E-state index contributed by atoms with van der Waals surface area (Å²) in [6, 6.07) is 9.15. The number of benzene rings is 1. The minimum absolute atomic E-state index is 0.0950. The number of thiocarbonyl (C=S) groups is 1. The molecule has 2 aromatic rings. The minimum atomic E-state index is -0.167. The molecule has 0 aliphatic rings. The van der Waals surface area contributed by atoms with E-state index in [2.05, 4.69) is 0 Å². The van der Waals surface area contributed by atoms with Gasteiger partial charge in [-0.25, -0.2) is 0 Å². The molecule has 0 aliphatic heterocycles. The molecule has 4 nitrogen and oxygen atoms in total. The Bertz CT molecular complexity index is 707. The molecule has 0 atom stereocenters. The van der Waals surface area contributed by atoms with Gasteiger partial charge in [0.05, 0.1) is 17.9 Å². The van der Waals surface area contributed by atoms with Crippen LogP contribution in [0.1, 0.15) is 18.2 Å². The summed E-state index contributed by atoms with van der Waals surface area (Å²) in [6.45, 7) is 4.35. The second-order valence-electron chi connectivity index (χ2n) is 4.33. The maximum absolute atomic E-state index is 11.9. The highest BCUT2D eigenvalue weighted by Gasteiger charge is 2.10.